The number of hydrogen-bond acceptors (Lipinski definition) is 4. The Morgan fingerprint density at radius 2 is 1.96 bits per heavy atom. The van der Waals surface area contributed by atoms with E-state index < -0.39 is 0 Å². The maximum atomic E-state index is 9.59. The van der Waals surface area contributed by atoms with Gasteiger partial charge in [0, 0.05) is 16.5 Å². The van der Waals surface area contributed by atoms with Crippen LogP contribution in [0.25, 0.3) is 22.9 Å². The Bertz CT molecular complexity index is 933. The first-order valence-electron chi connectivity index (χ1n) is 8.08. The van der Waals surface area contributed by atoms with Crippen molar-refractivity contribution in [1.82, 2.24) is 4.98 Å². The van der Waals surface area contributed by atoms with Crippen molar-refractivity contribution in [3.63, 3.8) is 0 Å². The predicted octanol–water partition coefficient (Wildman–Crippen LogP) is 5.58. The summed E-state index contributed by atoms with van der Waals surface area (Å²) in [6, 6.07) is 18.2. The third-order valence-electron chi connectivity index (χ3n) is 3.72. The van der Waals surface area contributed by atoms with Crippen LogP contribution in [-0.2, 0) is 0 Å². The molecule has 4 heteroatoms. The molecule has 25 heavy (non-hydrogen) atoms. The number of ether oxygens (including phenoxy) is 1. The topological polar surface area (TPSA) is 45.9 Å². The van der Waals surface area contributed by atoms with Gasteiger partial charge in [0.05, 0.1) is 17.9 Å². The highest BCUT2D eigenvalue weighted by atomic mass is 32.1. The second-order valence-electron chi connectivity index (χ2n) is 5.54. The lowest BCUT2D eigenvalue weighted by Crippen LogP contribution is -1.93. The number of benzene rings is 2. The van der Waals surface area contributed by atoms with Crippen LogP contribution in [0.5, 0.6) is 5.75 Å². The fraction of sp³-hybridized carbons (Fsp3) is 0.143. The minimum Gasteiger partial charge on any atom is -0.493 e. The molecule has 0 aliphatic rings. The van der Waals surface area contributed by atoms with E-state index in [9.17, 15) is 5.26 Å². The molecule has 0 saturated carbocycles. The van der Waals surface area contributed by atoms with E-state index in [4.69, 9.17) is 4.74 Å². The van der Waals surface area contributed by atoms with Crippen LogP contribution >= 0.6 is 11.3 Å². The average Bonchev–Trinajstić information content (AvgIpc) is 3.11. The summed E-state index contributed by atoms with van der Waals surface area (Å²) in [5, 5.41) is 12.3. The quantitative estimate of drug-likeness (QED) is 0.566. The highest BCUT2D eigenvalue weighted by Gasteiger charge is 2.10. The fourth-order valence-corrected chi connectivity index (χ4v) is 3.23. The zero-order valence-corrected chi connectivity index (χ0v) is 15.0. The van der Waals surface area contributed by atoms with E-state index in [0.717, 1.165) is 22.6 Å². The van der Waals surface area contributed by atoms with Crippen molar-refractivity contribution >= 4 is 23.0 Å². The van der Waals surface area contributed by atoms with E-state index in [-0.39, 0.29) is 0 Å². The van der Waals surface area contributed by atoms with Crippen molar-refractivity contribution in [2.24, 2.45) is 0 Å². The van der Waals surface area contributed by atoms with E-state index in [1.807, 2.05) is 54.8 Å². The summed E-state index contributed by atoms with van der Waals surface area (Å²) in [6.45, 7) is 4.59. The van der Waals surface area contributed by atoms with Crippen LogP contribution < -0.4 is 4.74 Å². The number of allylic oxidation sites excluding steroid dienone is 1. The highest BCUT2D eigenvalue weighted by Crippen LogP contribution is 2.29. The molecule has 3 aromatic rings. The van der Waals surface area contributed by atoms with Gasteiger partial charge in [-0.3, -0.25) is 0 Å². The van der Waals surface area contributed by atoms with E-state index in [1.54, 1.807) is 0 Å². The van der Waals surface area contributed by atoms with Crippen molar-refractivity contribution in [2.75, 3.05) is 6.61 Å². The minimum atomic E-state index is 0.538. The van der Waals surface area contributed by atoms with Crippen LogP contribution in [0.3, 0.4) is 0 Å². The molecule has 0 N–H and O–H groups in total. The van der Waals surface area contributed by atoms with E-state index in [0.29, 0.717) is 17.2 Å². The number of aryl methyl sites for hydroxylation is 1. The van der Waals surface area contributed by atoms with Gasteiger partial charge in [0.1, 0.15) is 16.8 Å². The minimum absolute atomic E-state index is 0.538. The number of nitriles is 1. The molecule has 0 bridgehead atoms. The summed E-state index contributed by atoms with van der Waals surface area (Å²) >= 11 is 1.48. The Balaban J connectivity index is 1.95. The van der Waals surface area contributed by atoms with Gasteiger partial charge in [-0.1, -0.05) is 48.0 Å². The molecule has 124 valence electrons. The molecule has 0 saturated heterocycles. The lowest BCUT2D eigenvalue weighted by molar-refractivity contribution is 0.339. The molecule has 0 amide bonds. The molecule has 0 unspecified atom stereocenters. The number of thiazole rings is 1. The number of rotatable bonds is 5. The van der Waals surface area contributed by atoms with Crippen molar-refractivity contribution in [3.05, 3.63) is 70.0 Å². The smallest absolute Gasteiger partial charge is 0.134 e. The second-order valence-corrected chi connectivity index (χ2v) is 6.40. The van der Waals surface area contributed by atoms with Gasteiger partial charge in [0.15, 0.2) is 0 Å². The van der Waals surface area contributed by atoms with E-state index >= 15 is 0 Å². The van der Waals surface area contributed by atoms with Gasteiger partial charge in [0.2, 0.25) is 0 Å². The molecule has 0 aliphatic heterocycles. The fourth-order valence-electron chi connectivity index (χ4n) is 2.44. The van der Waals surface area contributed by atoms with Gasteiger partial charge in [-0.05, 0) is 26.0 Å². The normalized spacial score (nSPS) is 11.2. The van der Waals surface area contributed by atoms with Crippen molar-refractivity contribution in [1.29, 1.82) is 5.26 Å². The molecule has 3 rings (SSSR count). The predicted molar refractivity (Wildman–Crippen MR) is 103 cm³/mol. The second kappa shape index (κ2) is 7.78. The Hall–Kier alpha value is -2.90. The van der Waals surface area contributed by atoms with E-state index in [1.165, 1.54) is 16.9 Å². The summed E-state index contributed by atoms with van der Waals surface area (Å²) in [5.41, 5.74) is 4.58. The van der Waals surface area contributed by atoms with Crippen molar-refractivity contribution in [2.45, 2.75) is 13.8 Å². The zero-order chi connectivity index (χ0) is 17.6. The summed E-state index contributed by atoms with van der Waals surface area (Å²) < 4.78 is 5.63. The number of hydrogen-bond donors (Lipinski definition) is 0. The maximum Gasteiger partial charge on any atom is 0.134 e. The number of nitrogens with zero attached hydrogens (tertiary/aromatic N) is 2. The van der Waals surface area contributed by atoms with Crippen LogP contribution in [-0.4, -0.2) is 11.6 Å². The number of para-hydroxylation sites is 1. The third kappa shape index (κ3) is 3.96. The zero-order valence-electron chi connectivity index (χ0n) is 14.2. The molecule has 1 aromatic heterocycles. The first-order chi connectivity index (χ1) is 12.2. The van der Waals surface area contributed by atoms with Crippen LogP contribution in [0.4, 0.5) is 0 Å². The molecule has 0 aliphatic carbocycles. The number of aromatic nitrogens is 1. The van der Waals surface area contributed by atoms with Gasteiger partial charge in [-0.15, -0.1) is 11.3 Å². The van der Waals surface area contributed by atoms with Crippen LogP contribution in [0, 0.1) is 18.3 Å². The van der Waals surface area contributed by atoms with Gasteiger partial charge in [0.25, 0.3) is 0 Å². The molecule has 0 radical (unpaired) electrons. The molecular weight excluding hydrogens is 328 g/mol. The maximum absolute atomic E-state index is 9.59. The molecule has 3 nitrogen and oxygen atoms in total. The van der Waals surface area contributed by atoms with Gasteiger partial charge >= 0.3 is 0 Å². The Labute approximate surface area is 151 Å². The van der Waals surface area contributed by atoms with Crippen molar-refractivity contribution in [3.8, 4) is 23.1 Å². The lowest BCUT2D eigenvalue weighted by Gasteiger charge is -2.06. The SMILES string of the molecule is CCOc1ccccc1/C=C(/C#N)c1nc(-c2ccc(C)cc2)cs1. The standard InChI is InChI=1S/C21H18N2OS/c1-3-24-20-7-5-4-6-17(20)12-18(13-22)21-23-19(14-25-21)16-10-8-15(2)9-11-16/h4-12,14H,3H2,1-2H3/b18-12-. The summed E-state index contributed by atoms with van der Waals surface area (Å²) in [6.07, 6.45) is 1.84. The Morgan fingerprint density at radius 1 is 1.20 bits per heavy atom. The highest BCUT2D eigenvalue weighted by molar-refractivity contribution is 7.11. The van der Waals surface area contributed by atoms with E-state index in [2.05, 4.69) is 30.1 Å². The first kappa shape index (κ1) is 16.9. The summed E-state index contributed by atoms with van der Waals surface area (Å²) in [4.78, 5) is 4.64. The van der Waals surface area contributed by atoms with Crippen LogP contribution in [0.2, 0.25) is 0 Å². The monoisotopic (exact) mass is 346 g/mol. The molecule has 0 fully saturated rings. The lowest BCUT2D eigenvalue weighted by atomic mass is 10.1. The molecule has 2 aromatic carbocycles. The summed E-state index contributed by atoms with van der Waals surface area (Å²) in [5.74, 6) is 0.771. The molecular formula is C21H18N2OS. The summed E-state index contributed by atoms with van der Waals surface area (Å²) in [7, 11) is 0. The first-order valence-corrected chi connectivity index (χ1v) is 8.95. The van der Waals surface area contributed by atoms with Gasteiger partial charge < -0.3 is 4.74 Å². The largest absolute Gasteiger partial charge is 0.493 e. The van der Waals surface area contributed by atoms with Crippen LogP contribution in [0.15, 0.2) is 53.9 Å². The Kier molecular flexibility index (Phi) is 5.27. The Morgan fingerprint density at radius 3 is 2.68 bits per heavy atom. The van der Waals surface area contributed by atoms with Gasteiger partial charge in [-0.25, -0.2) is 4.98 Å². The van der Waals surface area contributed by atoms with Gasteiger partial charge in [-0.2, -0.15) is 5.26 Å². The third-order valence-corrected chi connectivity index (χ3v) is 4.60. The molecule has 1 heterocycles. The average molecular weight is 346 g/mol. The van der Waals surface area contributed by atoms with Crippen molar-refractivity contribution < 1.29 is 4.74 Å². The molecule has 0 atom stereocenters. The van der Waals surface area contributed by atoms with Crippen LogP contribution in [0.1, 0.15) is 23.1 Å². The molecule has 0 spiro atoms.